The molecular formula is C37H64O6. The SMILES string of the molecule is CCCCCCCCCCCCCC(=O)O[C@@H](CO)COC(=O)CCC/C=C\C/C=C\C/C=C\C=C\[C@H](O)CCCCC. The van der Waals surface area contributed by atoms with Crippen molar-refractivity contribution in [1.29, 1.82) is 0 Å². The molecular weight excluding hydrogens is 540 g/mol. The average Bonchev–Trinajstić information content (AvgIpc) is 3.00. The second-order valence-electron chi connectivity index (χ2n) is 11.4. The van der Waals surface area contributed by atoms with Crippen LogP contribution in [0.5, 0.6) is 0 Å². The number of ether oxygens (including phenoxy) is 2. The van der Waals surface area contributed by atoms with E-state index in [1.807, 2.05) is 18.2 Å². The number of hydrogen-bond donors (Lipinski definition) is 2. The van der Waals surface area contributed by atoms with Crippen molar-refractivity contribution in [2.75, 3.05) is 13.2 Å². The molecule has 0 aromatic rings. The van der Waals surface area contributed by atoms with E-state index in [2.05, 4.69) is 44.2 Å². The lowest BCUT2D eigenvalue weighted by Gasteiger charge is -2.15. The number of unbranched alkanes of at least 4 members (excludes halogenated alkanes) is 13. The van der Waals surface area contributed by atoms with Gasteiger partial charge in [-0.1, -0.05) is 146 Å². The molecule has 0 saturated carbocycles. The van der Waals surface area contributed by atoms with Crippen molar-refractivity contribution in [3.8, 4) is 0 Å². The van der Waals surface area contributed by atoms with Crippen LogP contribution >= 0.6 is 0 Å². The second-order valence-corrected chi connectivity index (χ2v) is 11.4. The van der Waals surface area contributed by atoms with Crippen molar-refractivity contribution in [3.63, 3.8) is 0 Å². The van der Waals surface area contributed by atoms with Crippen molar-refractivity contribution in [3.05, 3.63) is 48.6 Å². The number of rotatable bonds is 30. The fraction of sp³-hybridized carbons (Fsp3) is 0.730. The largest absolute Gasteiger partial charge is 0.462 e. The van der Waals surface area contributed by atoms with Gasteiger partial charge in [0, 0.05) is 12.8 Å². The number of aliphatic hydroxyl groups excluding tert-OH is 2. The maximum atomic E-state index is 12.1. The average molecular weight is 605 g/mol. The zero-order valence-electron chi connectivity index (χ0n) is 27.6. The Balaban J connectivity index is 3.76. The summed E-state index contributed by atoms with van der Waals surface area (Å²) in [6.45, 7) is 3.93. The molecule has 248 valence electrons. The molecule has 0 fully saturated rings. The van der Waals surface area contributed by atoms with Gasteiger partial charge in [0.25, 0.3) is 0 Å². The maximum Gasteiger partial charge on any atom is 0.306 e. The Labute approximate surface area is 263 Å². The fourth-order valence-electron chi connectivity index (χ4n) is 4.54. The third-order valence-corrected chi connectivity index (χ3v) is 7.23. The molecule has 2 atom stereocenters. The summed E-state index contributed by atoms with van der Waals surface area (Å²) >= 11 is 0. The van der Waals surface area contributed by atoms with Crippen LogP contribution < -0.4 is 0 Å². The molecule has 0 aliphatic rings. The third-order valence-electron chi connectivity index (χ3n) is 7.23. The molecule has 0 saturated heterocycles. The number of hydrogen-bond acceptors (Lipinski definition) is 6. The molecule has 0 spiro atoms. The number of allylic oxidation sites excluding steroid dienone is 7. The van der Waals surface area contributed by atoms with Gasteiger partial charge >= 0.3 is 11.9 Å². The third kappa shape index (κ3) is 31.1. The van der Waals surface area contributed by atoms with Gasteiger partial charge in [-0.2, -0.15) is 0 Å². The van der Waals surface area contributed by atoms with E-state index >= 15 is 0 Å². The van der Waals surface area contributed by atoms with E-state index in [1.165, 1.54) is 57.8 Å². The fourth-order valence-corrected chi connectivity index (χ4v) is 4.54. The van der Waals surface area contributed by atoms with Crippen LogP contribution in [0.4, 0.5) is 0 Å². The van der Waals surface area contributed by atoms with Gasteiger partial charge in [0.2, 0.25) is 0 Å². The molecule has 6 nitrogen and oxygen atoms in total. The Kier molecular flexibility index (Phi) is 31.1. The van der Waals surface area contributed by atoms with Crippen LogP contribution in [0.3, 0.4) is 0 Å². The molecule has 0 aliphatic carbocycles. The maximum absolute atomic E-state index is 12.1. The highest BCUT2D eigenvalue weighted by molar-refractivity contribution is 5.70. The highest BCUT2D eigenvalue weighted by Gasteiger charge is 2.16. The van der Waals surface area contributed by atoms with Gasteiger partial charge in [-0.3, -0.25) is 9.59 Å². The van der Waals surface area contributed by atoms with Crippen LogP contribution in [-0.2, 0) is 19.1 Å². The van der Waals surface area contributed by atoms with Crippen LogP contribution in [0.1, 0.15) is 149 Å². The number of esters is 2. The van der Waals surface area contributed by atoms with Crippen molar-refractivity contribution < 1.29 is 29.3 Å². The number of carbonyl (C=O) groups excluding carboxylic acids is 2. The van der Waals surface area contributed by atoms with E-state index in [4.69, 9.17) is 9.47 Å². The molecule has 0 aromatic carbocycles. The Morgan fingerprint density at radius 2 is 1.21 bits per heavy atom. The Morgan fingerprint density at radius 1 is 0.651 bits per heavy atom. The lowest BCUT2D eigenvalue weighted by Crippen LogP contribution is -2.28. The second kappa shape index (κ2) is 32.7. The van der Waals surface area contributed by atoms with Crippen molar-refractivity contribution in [2.45, 2.75) is 161 Å². The zero-order chi connectivity index (χ0) is 31.6. The first kappa shape index (κ1) is 40.8. The molecule has 2 N–H and O–H groups in total. The predicted molar refractivity (Wildman–Crippen MR) is 179 cm³/mol. The smallest absolute Gasteiger partial charge is 0.306 e. The number of aliphatic hydroxyl groups is 2. The summed E-state index contributed by atoms with van der Waals surface area (Å²) in [6.07, 6.45) is 36.4. The van der Waals surface area contributed by atoms with Gasteiger partial charge in [-0.05, 0) is 38.5 Å². The van der Waals surface area contributed by atoms with Gasteiger partial charge in [0.1, 0.15) is 6.61 Å². The van der Waals surface area contributed by atoms with E-state index in [0.29, 0.717) is 12.8 Å². The first-order valence-electron chi connectivity index (χ1n) is 17.3. The van der Waals surface area contributed by atoms with Gasteiger partial charge in [-0.15, -0.1) is 0 Å². The summed E-state index contributed by atoms with van der Waals surface area (Å²) in [4.78, 5) is 24.1. The summed E-state index contributed by atoms with van der Waals surface area (Å²) in [5.41, 5.74) is 0. The molecule has 0 aliphatic heterocycles. The minimum absolute atomic E-state index is 0.107. The minimum atomic E-state index is -0.802. The van der Waals surface area contributed by atoms with Crippen LogP contribution in [0, 0.1) is 0 Å². The molecule has 0 rings (SSSR count). The molecule has 43 heavy (non-hydrogen) atoms. The lowest BCUT2D eigenvalue weighted by molar-refractivity contribution is -0.161. The van der Waals surface area contributed by atoms with E-state index in [-0.39, 0.29) is 37.7 Å². The summed E-state index contributed by atoms with van der Waals surface area (Å²) in [6, 6.07) is 0. The zero-order valence-corrected chi connectivity index (χ0v) is 27.6. The first-order chi connectivity index (χ1) is 21.0. The quantitative estimate of drug-likeness (QED) is 0.0367. The van der Waals surface area contributed by atoms with Crippen molar-refractivity contribution >= 4 is 11.9 Å². The Morgan fingerprint density at radius 3 is 1.86 bits per heavy atom. The summed E-state index contributed by atoms with van der Waals surface area (Å²) in [5, 5.41) is 19.3. The van der Waals surface area contributed by atoms with E-state index in [0.717, 1.165) is 57.8 Å². The van der Waals surface area contributed by atoms with E-state index < -0.39 is 6.10 Å². The molecule has 0 radical (unpaired) electrons. The standard InChI is InChI=1S/C37H64O6/c1-3-5-7-8-9-10-12-17-20-23-27-31-37(41)43-35(32-38)33-42-36(40)30-26-22-19-16-14-11-13-15-18-21-25-29-34(39)28-24-6-4-2/h11,13,16,18-19,21,25,29,34-35,38-39H,3-10,12,14-15,17,20,22-24,26-28,30-33H2,1-2H3/b13-11-,19-16-,21-18-,29-25+/t34-,35+/m1/s1. The summed E-state index contributed by atoms with van der Waals surface area (Å²) < 4.78 is 10.5. The first-order valence-corrected chi connectivity index (χ1v) is 17.3. The number of carbonyl (C=O) groups is 2. The van der Waals surface area contributed by atoms with Crippen LogP contribution in [0.2, 0.25) is 0 Å². The normalized spacial score (nSPS) is 13.5. The topological polar surface area (TPSA) is 93.1 Å². The summed E-state index contributed by atoms with van der Waals surface area (Å²) in [7, 11) is 0. The summed E-state index contributed by atoms with van der Waals surface area (Å²) in [5.74, 6) is -0.687. The predicted octanol–water partition coefficient (Wildman–Crippen LogP) is 9.25. The van der Waals surface area contributed by atoms with Gasteiger partial charge in [0.05, 0.1) is 12.7 Å². The van der Waals surface area contributed by atoms with Crippen molar-refractivity contribution in [1.82, 2.24) is 0 Å². The molecule has 0 aromatic heterocycles. The highest BCUT2D eigenvalue weighted by Crippen LogP contribution is 2.12. The van der Waals surface area contributed by atoms with Gasteiger partial charge < -0.3 is 19.7 Å². The Bertz CT molecular complexity index is 754. The van der Waals surface area contributed by atoms with Crippen LogP contribution in [0.15, 0.2) is 48.6 Å². The highest BCUT2D eigenvalue weighted by atomic mass is 16.6. The molecule has 0 heterocycles. The van der Waals surface area contributed by atoms with Crippen LogP contribution in [-0.4, -0.2) is 47.6 Å². The van der Waals surface area contributed by atoms with E-state index in [9.17, 15) is 19.8 Å². The molecule has 0 unspecified atom stereocenters. The molecule has 0 bridgehead atoms. The van der Waals surface area contributed by atoms with Crippen LogP contribution in [0.25, 0.3) is 0 Å². The molecule has 6 heteroatoms. The van der Waals surface area contributed by atoms with Gasteiger partial charge in [-0.25, -0.2) is 0 Å². The van der Waals surface area contributed by atoms with Gasteiger partial charge in [0.15, 0.2) is 6.10 Å². The molecule has 0 amide bonds. The van der Waals surface area contributed by atoms with Crippen molar-refractivity contribution in [2.24, 2.45) is 0 Å². The monoisotopic (exact) mass is 604 g/mol. The minimum Gasteiger partial charge on any atom is -0.462 e. The lowest BCUT2D eigenvalue weighted by atomic mass is 10.1. The van der Waals surface area contributed by atoms with E-state index in [1.54, 1.807) is 0 Å². The Hall–Kier alpha value is -2.18.